The van der Waals surface area contributed by atoms with Crippen molar-refractivity contribution in [2.75, 3.05) is 6.61 Å². The Bertz CT molecular complexity index is 1110. The van der Waals surface area contributed by atoms with Crippen molar-refractivity contribution in [3.05, 3.63) is 0 Å². The number of hydrogen-bond donors (Lipinski definition) is 9. The molecule has 0 unspecified atom stereocenters. The molecule has 0 saturated carbocycles. The van der Waals surface area contributed by atoms with Crippen LogP contribution < -0.4 is 4.72 Å². The Hall–Kier alpha value is -1.20. The van der Waals surface area contributed by atoms with Crippen molar-refractivity contribution >= 4 is 37.1 Å². The summed E-state index contributed by atoms with van der Waals surface area (Å²) in [7, 11) is -16.1. The van der Waals surface area contributed by atoms with Crippen LogP contribution in [0.15, 0.2) is 0 Å². The first-order valence-electron chi connectivity index (χ1n) is 9.14. The van der Waals surface area contributed by atoms with Gasteiger partial charge in [-0.2, -0.15) is 30.0 Å². The van der Waals surface area contributed by atoms with Gasteiger partial charge in [-0.1, -0.05) is 0 Å². The molecule has 0 bridgehead atoms. The molecule has 0 spiro atoms. The van der Waals surface area contributed by atoms with Gasteiger partial charge < -0.3 is 39.7 Å². The van der Waals surface area contributed by atoms with Gasteiger partial charge in [-0.15, -0.1) is 0 Å². The zero-order valence-corrected chi connectivity index (χ0v) is 19.6. The van der Waals surface area contributed by atoms with Crippen molar-refractivity contribution in [2.45, 2.75) is 61.3 Å². The number of carboxylic acid groups (broad SMARTS) is 1. The topological polar surface area (TPSA) is 340 Å². The number of nitrogens with one attached hydrogen (secondary N) is 1. The van der Waals surface area contributed by atoms with Crippen LogP contribution in [0.1, 0.15) is 0 Å². The van der Waals surface area contributed by atoms with Gasteiger partial charge in [0.15, 0.2) is 18.7 Å². The van der Waals surface area contributed by atoms with E-state index < -0.39 is 105 Å². The van der Waals surface area contributed by atoms with E-state index >= 15 is 0 Å². The molecule has 0 aromatic rings. The third kappa shape index (κ3) is 8.41. The minimum atomic E-state index is -5.59. The highest BCUT2D eigenvalue weighted by Gasteiger charge is 2.54. The molecular weight excluding hydrogens is 574 g/mol. The fraction of sp³-hybridized carbons (Fsp3) is 0.917. The van der Waals surface area contributed by atoms with Crippen LogP contribution in [0, 0.1) is 0 Å². The summed E-state index contributed by atoms with van der Waals surface area (Å²) < 4.78 is 119. The van der Waals surface area contributed by atoms with Gasteiger partial charge in [-0.25, -0.2) is 13.2 Å². The minimum Gasteiger partial charge on any atom is -0.479 e. The molecular formula is C12H21NO20S3. The predicted octanol–water partition coefficient (Wildman–Crippen LogP) is -6.25. The highest BCUT2D eigenvalue weighted by atomic mass is 32.3. The fourth-order valence-corrected chi connectivity index (χ4v) is 4.65. The quantitative estimate of drug-likeness (QED) is 0.106. The van der Waals surface area contributed by atoms with E-state index in [1.165, 1.54) is 4.72 Å². The highest BCUT2D eigenvalue weighted by Crippen LogP contribution is 2.31. The zero-order valence-electron chi connectivity index (χ0n) is 17.2. The molecule has 2 fully saturated rings. The number of carboxylic acids is 1. The first kappa shape index (κ1) is 31.0. The Labute approximate surface area is 201 Å². The van der Waals surface area contributed by atoms with Gasteiger partial charge >= 0.3 is 37.1 Å². The molecule has 0 radical (unpaired) electrons. The molecule has 2 saturated heterocycles. The van der Waals surface area contributed by atoms with Crippen LogP contribution in [-0.4, -0.2) is 138 Å². The van der Waals surface area contributed by atoms with Crippen molar-refractivity contribution in [3.63, 3.8) is 0 Å². The molecule has 212 valence electrons. The number of rotatable bonds is 10. The van der Waals surface area contributed by atoms with Crippen LogP contribution in [0.25, 0.3) is 0 Å². The lowest BCUT2D eigenvalue weighted by Gasteiger charge is -2.46. The summed E-state index contributed by atoms with van der Waals surface area (Å²) in [5.74, 6) is -1.89. The fourth-order valence-electron chi connectivity index (χ4n) is 3.24. The van der Waals surface area contributed by atoms with E-state index in [2.05, 4.69) is 8.37 Å². The molecule has 36 heavy (non-hydrogen) atoms. The summed E-state index contributed by atoms with van der Waals surface area (Å²) >= 11 is 0. The number of aliphatic hydroxyl groups is 4. The summed E-state index contributed by atoms with van der Waals surface area (Å²) in [5.41, 5.74) is 0. The number of ether oxygens (including phenoxy) is 3. The molecule has 0 amide bonds. The summed E-state index contributed by atoms with van der Waals surface area (Å²) in [6, 6.07) is -2.39. The zero-order chi connectivity index (χ0) is 27.8. The lowest BCUT2D eigenvalue weighted by atomic mass is 9.96. The Morgan fingerprint density at radius 1 is 0.833 bits per heavy atom. The number of hydrogen-bond acceptors (Lipinski definition) is 16. The standard InChI is InChI=1S/C12H21NO20S3/c14-4-5(15)9(10(17)18)32-12(6(4)16)31-7-2(1-29-35(23,24)25)30-11(19)3(13-34(20,21)22)8(7)33-36(26,27)28/h2-9,11-16,19H,1H2,(H,17,18)(H,20,21,22)(H,23,24,25)(H,26,27,28)/t2-,3-,4+,5+,6-,7-,8-,9+,11+,12-/m1/s1. The molecule has 2 aliphatic rings. The molecule has 0 aromatic carbocycles. The van der Waals surface area contributed by atoms with Gasteiger partial charge in [0.2, 0.25) is 0 Å². The van der Waals surface area contributed by atoms with Crippen molar-refractivity contribution in [3.8, 4) is 0 Å². The monoisotopic (exact) mass is 595 g/mol. The Kier molecular flexibility index (Phi) is 9.71. The van der Waals surface area contributed by atoms with Crippen LogP contribution in [0.4, 0.5) is 0 Å². The summed E-state index contributed by atoms with van der Waals surface area (Å²) in [5, 5.41) is 49.0. The van der Waals surface area contributed by atoms with Gasteiger partial charge in [-0.3, -0.25) is 13.7 Å². The van der Waals surface area contributed by atoms with Gasteiger partial charge in [0.1, 0.15) is 42.7 Å². The summed E-state index contributed by atoms with van der Waals surface area (Å²) in [6.07, 6.45) is -20.9. The first-order valence-corrected chi connectivity index (χ1v) is 13.3. The number of aliphatic carboxylic acids is 1. The summed E-state index contributed by atoms with van der Waals surface area (Å²) in [4.78, 5) is 11.3. The van der Waals surface area contributed by atoms with Gasteiger partial charge in [-0.05, 0) is 0 Å². The SMILES string of the molecule is O=C(O)[C@H]1O[C@@H](O[C@H]2[C@H](OS(=O)(=O)O)[C@@H](NS(=O)(=O)O)[C@@H](O)O[C@@H]2COS(=O)(=O)O)[C@H](O)[C@@H](O)[C@@H]1O. The van der Waals surface area contributed by atoms with Gasteiger partial charge in [0.25, 0.3) is 0 Å². The smallest absolute Gasteiger partial charge is 0.397 e. The first-order chi connectivity index (χ1) is 16.2. The molecule has 9 N–H and O–H groups in total. The van der Waals surface area contributed by atoms with Gasteiger partial charge in [0.05, 0.1) is 6.61 Å². The second-order valence-electron chi connectivity index (χ2n) is 7.22. The third-order valence-corrected chi connectivity index (χ3v) is 6.14. The molecule has 21 nitrogen and oxygen atoms in total. The van der Waals surface area contributed by atoms with Crippen LogP contribution in [0.5, 0.6) is 0 Å². The number of carbonyl (C=O) groups is 1. The van der Waals surface area contributed by atoms with E-state index in [9.17, 15) is 50.5 Å². The van der Waals surface area contributed by atoms with Crippen molar-refractivity contribution in [1.29, 1.82) is 0 Å². The van der Waals surface area contributed by atoms with Crippen LogP contribution >= 0.6 is 0 Å². The maximum Gasteiger partial charge on any atom is 0.397 e. The lowest BCUT2D eigenvalue weighted by Crippen LogP contribution is -2.68. The average molecular weight is 595 g/mol. The van der Waals surface area contributed by atoms with E-state index in [1.54, 1.807) is 0 Å². The normalized spacial score (nSPS) is 38.5. The molecule has 0 aromatic heterocycles. The lowest BCUT2D eigenvalue weighted by molar-refractivity contribution is -0.337. The maximum atomic E-state index is 11.4. The second kappa shape index (κ2) is 11.3. The Morgan fingerprint density at radius 2 is 1.42 bits per heavy atom. The average Bonchev–Trinajstić information content (AvgIpc) is 2.68. The van der Waals surface area contributed by atoms with Crippen molar-refractivity contribution in [1.82, 2.24) is 4.72 Å². The van der Waals surface area contributed by atoms with Crippen LogP contribution in [0.2, 0.25) is 0 Å². The third-order valence-electron chi connectivity index (χ3n) is 4.67. The molecule has 24 heteroatoms. The van der Waals surface area contributed by atoms with E-state index in [4.69, 9.17) is 33.0 Å². The van der Waals surface area contributed by atoms with Crippen LogP contribution in [-0.2, 0) is 58.5 Å². The number of aliphatic hydroxyl groups excluding tert-OH is 4. The Balaban J connectivity index is 2.53. The van der Waals surface area contributed by atoms with E-state index in [-0.39, 0.29) is 0 Å². The maximum absolute atomic E-state index is 11.4. The molecule has 2 heterocycles. The Morgan fingerprint density at radius 3 is 1.89 bits per heavy atom. The van der Waals surface area contributed by atoms with Crippen molar-refractivity contribution < 1.29 is 91.8 Å². The molecule has 0 aliphatic carbocycles. The molecule has 10 atom stereocenters. The van der Waals surface area contributed by atoms with Crippen molar-refractivity contribution in [2.24, 2.45) is 0 Å². The minimum absolute atomic E-state index is 1.27. The largest absolute Gasteiger partial charge is 0.479 e. The molecule has 2 aliphatic heterocycles. The highest BCUT2D eigenvalue weighted by molar-refractivity contribution is 7.83. The van der Waals surface area contributed by atoms with Crippen LogP contribution in [0.3, 0.4) is 0 Å². The molecule has 2 rings (SSSR count). The predicted molar refractivity (Wildman–Crippen MR) is 102 cm³/mol. The summed E-state index contributed by atoms with van der Waals surface area (Å²) in [6.45, 7) is -1.36. The van der Waals surface area contributed by atoms with Gasteiger partial charge in [0, 0.05) is 0 Å². The van der Waals surface area contributed by atoms with E-state index in [0.29, 0.717) is 0 Å². The second-order valence-corrected chi connectivity index (χ2v) is 10.5. The van der Waals surface area contributed by atoms with E-state index in [0.717, 1.165) is 0 Å². The van der Waals surface area contributed by atoms with E-state index in [1.807, 2.05) is 0 Å².